The van der Waals surface area contributed by atoms with Gasteiger partial charge in [0.05, 0.1) is 26.1 Å². The molecule has 2 aliphatic rings. The quantitative estimate of drug-likeness (QED) is 0.373. The summed E-state index contributed by atoms with van der Waals surface area (Å²) in [7, 11) is 0. The van der Waals surface area contributed by atoms with Crippen LogP contribution in [0.5, 0.6) is 0 Å². The maximum absolute atomic E-state index is 12.2. The molecule has 2 amide bonds. The van der Waals surface area contributed by atoms with Crippen molar-refractivity contribution < 1.29 is 28.7 Å². The fourth-order valence-corrected chi connectivity index (χ4v) is 4.79. The molecule has 0 aliphatic heterocycles. The molecule has 0 unspecified atom stereocenters. The van der Waals surface area contributed by atoms with Gasteiger partial charge >= 0.3 is 11.9 Å². The van der Waals surface area contributed by atoms with E-state index in [9.17, 15) is 19.2 Å². The van der Waals surface area contributed by atoms with Crippen molar-refractivity contribution in [2.24, 2.45) is 11.8 Å². The lowest BCUT2D eigenvalue weighted by atomic mass is 9.90. The summed E-state index contributed by atoms with van der Waals surface area (Å²) in [5.74, 6) is -0.314. The van der Waals surface area contributed by atoms with Crippen LogP contribution >= 0.6 is 0 Å². The molecule has 198 valence electrons. The lowest BCUT2D eigenvalue weighted by Gasteiger charge is -2.21. The normalized spacial score (nSPS) is 16.7. The number of hydrogen-bond acceptors (Lipinski definition) is 6. The number of ether oxygens (including phenoxy) is 2. The molecular weight excluding hydrogens is 460 g/mol. The molecule has 0 bridgehead atoms. The third-order valence-corrected chi connectivity index (χ3v) is 6.97. The van der Waals surface area contributed by atoms with E-state index >= 15 is 0 Å². The summed E-state index contributed by atoms with van der Waals surface area (Å²) in [4.78, 5) is 48.2. The second kappa shape index (κ2) is 15.3. The van der Waals surface area contributed by atoms with Crippen molar-refractivity contribution in [3.05, 3.63) is 24.3 Å². The third-order valence-electron chi connectivity index (χ3n) is 6.97. The Kier molecular flexibility index (Phi) is 11.7. The summed E-state index contributed by atoms with van der Waals surface area (Å²) in [5.41, 5.74) is 1.14. The van der Waals surface area contributed by atoms with Crippen molar-refractivity contribution in [2.75, 3.05) is 23.8 Å². The summed E-state index contributed by atoms with van der Waals surface area (Å²) in [6, 6.07) is 6.70. The van der Waals surface area contributed by atoms with E-state index in [1.165, 1.54) is 38.5 Å². The summed E-state index contributed by atoms with van der Waals surface area (Å²) in [6.07, 6.45) is 11.9. The Balaban J connectivity index is 1.27. The first-order valence-corrected chi connectivity index (χ1v) is 13.5. The molecule has 36 heavy (non-hydrogen) atoms. The Morgan fingerprint density at radius 1 is 0.583 bits per heavy atom. The van der Waals surface area contributed by atoms with Gasteiger partial charge < -0.3 is 20.1 Å². The van der Waals surface area contributed by atoms with E-state index in [0.29, 0.717) is 36.4 Å². The summed E-state index contributed by atoms with van der Waals surface area (Å²) < 4.78 is 10.6. The molecule has 0 saturated heterocycles. The second-order valence-corrected chi connectivity index (χ2v) is 10.0. The maximum atomic E-state index is 12.2. The Morgan fingerprint density at radius 3 is 1.31 bits per heavy atom. The molecule has 8 nitrogen and oxygen atoms in total. The van der Waals surface area contributed by atoms with E-state index in [2.05, 4.69) is 10.6 Å². The van der Waals surface area contributed by atoms with Gasteiger partial charge in [0.15, 0.2) is 0 Å². The predicted octanol–water partition coefficient (Wildman–Crippen LogP) is 5.37. The lowest BCUT2D eigenvalue weighted by Crippen LogP contribution is -2.19. The number of benzene rings is 1. The van der Waals surface area contributed by atoms with Crippen molar-refractivity contribution in [2.45, 2.75) is 89.9 Å². The van der Waals surface area contributed by atoms with Crippen LogP contribution in [0, 0.1) is 11.8 Å². The summed E-state index contributed by atoms with van der Waals surface area (Å²) >= 11 is 0. The van der Waals surface area contributed by atoms with Gasteiger partial charge in [-0.3, -0.25) is 19.2 Å². The molecule has 1 aromatic carbocycles. The molecule has 1 aromatic rings. The van der Waals surface area contributed by atoms with Gasteiger partial charge in [0.1, 0.15) is 0 Å². The molecule has 2 saturated carbocycles. The van der Waals surface area contributed by atoms with Crippen molar-refractivity contribution >= 4 is 35.1 Å². The van der Waals surface area contributed by atoms with Gasteiger partial charge in [0.25, 0.3) is 0 Å². The van der Waals surface area contributed by atoms with Gasteiger partial charge in [-0.2, -0.15) is 0 Å². The molecule has 8 heteroatoms. The van der Waals surface area contributed by atoms with Crippen LogP contribution in [0.1, 0.15) is 89.9 Å². The van der Waals surface area contributed by atoms with Crippen molar-refractivity contribution in [1.29, 1.82) is 0 Å². The maximum Gasteiger partial charge on any atom is 0.306 e. The van der Waals surface area contributed by atoms with Crippen molar-refractivity contribution in [3.8, 4) is 0 Å². The van der Waals surface area contributed by atoms with Crippen LogP contribution < -0.4 is 10.6 Å². The number of hydrogen-bond donors (Lipinski definition) is 2. The van der Waals surface area contributed by atoms with Gasteiger partial charge in [-0.05, 0) is 61.8 Å². The van der Waals surface area contributed by atoms with E-state index in [-0.39, 0.29) is 49.4 Å². The van der Waals surface area contributed by atoms with E-state index in [1.807, 2.05) is 0 Å². The molecule has 3 rings (SSSR count). The largest absolute Gasteiger partial charge is 0.465 e. The first-order chi connectivity index (χ1) is 17.5. The van der Waals surface area contributed by atoms with Crippen LogP contribution in [0.25, 0.3) is 0 Å². The number of carbonyl (C=O) groups is 4. The molecule has 0 spiro atoms. The highest BCUT2D eigenvalue weighted by Crippen LogP contribution is 2.24. The number of carbonyl (C=O) groups excluding carboxylic acids is 4. The standard InChI is InChI=1S/C28H40N2O6/c31-25(15-17-27(33)35-19-21-7-3-1-4-8-21)29-23-11-13-24(14-12-23)30-26(32)16-18-28(34)36-20-22-9-5-2-6-10-22/h11-14,21-22H,1-10,15-20H2,(H,29,31)(H,30,32). The van der Waals surface area contributed by atoms with Crippen LogP contribution in [0.4, 0.5) is 11.4 Å². The Morgan fingerprint density at radius 2 is 0.944 bits per heavy atom. The fourth-order valence-electron chi connectivity index (χ4n) is 4.79. The van der Waals surface area contributed by atoms with E-state index < -0.39 is 0 Å². The highest BCUT2D eigenvalue weighted by atomic mass is 16.5. The molecule has 0 heterocycles. The minimum atomic E-state index is -0.341. The van der Waals surface area contributed by atoms with E-state index in [4.69, 9.17) is 9.47 Å². The Labute approximate surface area is 213 Å². The average molecular weight is 501 g/mol. The number of amides is 2. The molecule has 0 atom stereocenters. The zero-order chi connectivity index (χ0) is 25.6. The first-order valence-electron chi connectivity index (χ1n) is 13.5. The zero-order valence-corrected chi connectivity index (χ0v) is 21.2. The lowest BCUT2D eigenvalue weighted by molar-refractivity contribution is -0.146. The van der Waals surface area contributed by atoms with Crippen LogP contribution in [0.3, 0.4) is 0 Å². The van der Waals surface area contributed by atoms with Crippen molar-refractivity contribution in [3.63, 3.8) is 0 Å². The second-order valence-electron chi connectivity index (χ2n) is 10.0. The molecule has 2 aliphatic carbocycles. The number of nitrogens with one attached hydrogen (secondary N) is 2. The van der Waals surface area contributed by atoms with Gasteiger partial charge in [0, 0.05) is 24.2 Å². The monoisotopic (exact) mass is 500 g/mol. The van der Waals surface area contributed by atoms with Crippen molar-refractivity contribution in [1.82, 2.24) is 0 Å². The Bertz CT molecular complexity index is 786. The molecule has 0 radical (unpaired) electrons. The molecular formula is C28H40N2O6. The molecule has 2 fully saturated rings. The highest BCUT2D eigenvalue weighted by Gasteiger charge is 2.17. The minimum absolute atomic E-state index is 0.0514. The first kappa shape index (κ1) is 27.7. The van der Waals surface area contributed by atoms with Gasteiger partial charge in [-0.1, -0.05) is 38.5 Å². The van der Waals surface area contributed by atoms with Gasteiger partial charge in [-0.15, -0.1) is 0 Å². The Hall–Kier alpha value is -2.90. The molecule has 0 aromatic heterocycles. The SMILES string of the molecule is O=C(CCC(=O)OCC1CCCCC1)Nc1ccc(NC(=O)CCC(=O)OCC2CCCCC2)cc1. The highest BCUT2D eigenvalue weighted by molar-refractivity contribution is 5.94. The summed E-state index contributed by atoms with van der Waals surface area (Å²) in [6.45, 7) is 0.907. The predicted molar refractivity (Wildman–Crippen MR) is 137 cm³/mol. The minimum Gasteiger partial charge on any atom is -0.465 e. The molecule has 2 N–H and O–H groups in total. The average Bonchev–Trinajstić information content (AvgIpc) is 2.90. The third kappa shape index (κ3) is 10.8. The van der Waals surface area contributed by atoms with E-state index in [1.54, 1.807) is 24.3 Å². The number of anilines is 2. The number of esters is 2. The number of rotatable bonds is 12. The van der Waals surface area contributed by atoms with Gasteiger partial charge in [0.2, 0.25) is 11.8 Å². The van der Waals surface area contributed by atoms with Gasteiger partial charge in [-0.25, -0.2) is 0 Å². The summed E-state index contributed by atoms with van der Waals surface area (Å²) in [5, 5.41) is 5.49. The fraction of sp³-hybridized carbons (Fsp3) is 0.643. The zero-order valence-electron chi connectivity index (χ0n) is 21.2. The van der Waals surface area contributed by atoms with Crippen LogP contribution in [-0.4, -0.2) is 37.0 Å². The van der Waals surface area contributed by atoms with E-state index in [0.717, 1.165) is 25.7 Å². The smallest absolute Gasteiger partial charge is 0.306 e. The van der Waals surface area contributed by atoms with Crippen LogP contribution in [0.2, 0.25) is 0 Å². The van der Waals surface area contributed by atoms with Crippen LogP contribution in [-0.2, 0) is 28.7 Å². The van der Waals surface area contributed by atoms with Crippen LogP contribution in [0.15, 0.2) is 24.3 Å². The topological polar surface area (TPSA) is 111 Å².